The van der Waals surface area contributed by atoms with Crippen LogP contribution in [0, 0.1) is 0 Å². The van der Waals surface area contributed by atoms with E-state index in [2.05, 4.69) is 49.9 Å². The summed E-state index contributed by atoms with van der Waals surface area (Å²) in [7, 11) is 2.07. The monoisotopic (exact) mass is 326 g/mol. The van der Waals surface area contributed by atoms with Crippen LogP contribution in [0.3, 0.4) is 0 Å². The first-order valence-electron chi connectivity index (χ1n) is 3.96. The lowest BCUT2D eigenvalue weighted by molar-refractivity contribution is 0.336. The summed E-state index contributed by atoms with van der Waals surface area (Å²) in [6.07, 6.45) is 0. The van der Waals surface area contributed by atoms with Crippen LogP contribution in [0.25, 0.3) is 0 Å². The molecule has 0 saturated heterocycles. The number of hydrogen-bond donors (Lipinski definition) is 1. The lowest BCUT2D eigenvalue weighted by Gasteiger charge is -2.14. The number of likely N-dealkylation sites (N-methyl/N-ethyl adjacent to an activating group) is 1. The topological polar surface area (TPSA) is 29.3 Å². The second-order valence-electron chi connectivity index (χ2n) is 2.88. The quantitative estimate of drug-likeness (QED) is 0.921. The van der Waals surface area contributed by atoms with Crippen molar-refractivity contribution < 1.29 is 0 Å². The van der Waals surface area contributed by atoms with Gasteiger partial charge in [0.2, 0.25) is 0 Å². The molecule has 0 aliphatic heterocycles. The van der Waals surface area contributed by atoms with Crippen LogP contribution in [-0.4, -0.2) is 25.0 Å². The molecule has 74 valence electrons. The molecule has 5 heteroatoms. The van der Waals surface area contributed by atoms with Crippen LogP contribution in [0.15, 0.2) is 13.6 Å². The average Bonchev–Trinajstić information content (AvgIpc) is 2.30. The van der Waals surface area contributed by atoms with Gasteiger partial charge in [-0.15, -0.1) is 11.3 Å². The fourth-order valence-electron chi connectivity index (χ4n) is 1.07. The maximum Gasteiger partial charge on any atom is 0.0755 e. The number of nitrogens with zero attached hydrogens (tertiary/aromatic N) is 1. The van der Waals surface area contributed by atoms with Gasteiger partial charge < -0.3 is 10.6 Å². The number of halogens is 2. The first-order valence-corrected chi connectivity index (χ1v) is 6.36. The van der Waals surface area contributed by atoms with Crippen molar-refractivity contribution in [2.45, 2.75) is 6.54 Å². The van der Waals surface area contributed by atoms with E-state index in [1.807, 2.05) is 0 Å². The van der Waals surface area contributed by atoms with Crippen molar-refractivity contribution in [1.82, 2.24) is 4.90 Å². The summed E-state index contributed by atoms with van der Waals surface area (Å²) in [5.41, 5.74) is 6.78. The van der Waals surface area contributed by atoms with E-state index in [1.54, 1.807) is 11.3 Å². The highest BCUT2D eigenvalue weighted by Crippen LogP contribution is 2.32. The molecular weight excluding hydrogens is 316 g/mol. The summed E-state index contributed by atoms with van der Waals surface area (Å²) < 4.78 is 2.36. The van der Waals surface area contributed by atoms with E-state index < -0.39 is 0 Å². The number of nitrogens with two attached hydrogens (primary N) is 1. The third-order valence-electron chi connectivity index (χ3n) is 1.68. The van der Waals surface area contributed by atoms with Crippen LogP contribution in [0.5, 0.6) is 0 Å². The SMILES string of the molecule is CN(CCN)Cc1cc(Br)sc1Br. The van der Waals surface area contributed by atoms with Crippen molar-refractivity contribution in [2.24, 2.45) is 5.73 Å². The van der Waals surface area contributed by atoms with Crippen LogP contribution in [0.4, 0.5) is 0 Å². The first-order chi connectivity index (χ1) is 6.13. The van der Waals surface area contributed by atoms with Gasteiger partial charge in [0.15, 0.2) is 0 Å². The summed E-state index contributed by atoms with van der Waals surface area (Å²) in [6, 6.07) is 2.14. The lowest BCUT2D eigenvalue weighted by atomic mass is 10.3. The van der Waals surface area contributed by atoms with Gasteiger partial charge in [0, 0.05) is 19.6 Å². The van der Waals surface area contributed by atoms with Gasteiger partial charge in [-0.1, -0.05) is 0 Å². The summed E-state index contributed by atoms with van der Waals surface area (Å²) in [5.74, 6) is 0. The molecule has 0 atom stereocenters. The zero-order valence-electron chi connectivity index (χ0n) is 7.39. The Balaban J connectivity index is 2.57. The Bertz CT molecular complexity index is 275. The zero-order valence-corrected chi connectivity index (χ0v) is 11.4. The number of thiophene rings is 1. The Labute approximate surface area is 99.4 Å². The Morgan fingerprint density at radius 3 is 2.69 bits per heavy atom. The lowest BCUT2D eigenvalue weighted by Crippen LogP contribution is -2.24. The highest BCUT2D eigenvalue weighted by molar-refractivity contribution is 9.12. The van der Waals surface area contributed by atoms with Gasteiger partial charge in [-0.3, -0.25) is 0 Å². The predicted octanol–water partition coefficient (Wildman–Crippen LogP) is 2.66. The van der Waals surface area contributed by atoms with Gasteiger partial charge in [0.1, 0.15) is 0 Å². The molecule has 13 heavy (non-hydrogen) atoms. The summed E-state index contributed by atoms with van der Waals surface area (Å²) in [5, 5.41) is 0. The highest BCUT2D eigenvalue weighted by Gasteiger charge is 2.07. The van der Waals surface area contributed by atoms with E-state index in [0.29, 0.717) is 6.54 Å². The van der Waals surface area contributed by atoms with E-state index in [-0.39, 0.29) is 0 Å². The predicted molar refractivity (Wildman–Crippen MR) is 65.1 cm³/mol. The summed E-state index contributed by atoms with van der Waals surface area (Å²) in [4.78, 5) is 2.21. The fraction of sp³-hybridized carbons (Fsp3) is 0.500. The molecule has 2 nitrogen and oxygen atoms in total. The van der Waals surface area contributed by atoms with E-state index in [4.69, 9.17) is 5.73 Å². The molecule has 0 aliphatic carbocycles. The van der Waals surface area contributed by atoms with Crippen molar-refractivity contribution in [1.29, 1.82) is 0 Å². The third kappa shape index (κ3) is 3.67. The van der Waals surface area contributed by atoms with Gasteiger partial charge in [-0.05, 0) is 50.5 Å². The molecule has 0 radical (unpaired) electrons. The molecule has 1 aromatic rings. The second kappa shape index (κ2) is 5.46. The van der Waals surface area contributed by atoms with Crippen LogP contribution in [0.1, 0.15) is 5.56 Å². The molecule has 0 saturated carbocycles. The molecule has 1 heterocycles. The summed E-state index contributed by atoms with van der Waals surface area (Å²) >= 11 is 8.69. The largest absolute Gasteiger partial charge is 0.329 e. The summed E-state index contributed by atoms with van der Waals surface area (Å²) in [6.45, 7) is 2.58. The minimum absolute atomic E-state index is 0.708. The Hall–Kier alpha value is 0.580. The van der Waals surface area contributed by atoms with Gasteiger partial charge in [-0.25, -0.2) is 0 Å². The zero-order chi connectivity index (χ0) is 9.84. The Morgan fingerprint density at radius 1 is 1.54 bits per heavy atom. The average molecular weight is 328 g/mol. The van der Waals surface area contributed by atoms with Gasteiger partial charge in [0.05, 0.1) is 7.57 Å². The van der Waals surface area contributed by atoms with Crippen LogP contribution in [-0.2, 0) is 6.54 Å². The van der Waals surface area contributed by atoms with Crippen molar-refractivity contribution >= 4 is 43.2 Å². The maximum atomic E-state index is 5.47. The van der Waals surface area contributed by atoms with Gasteiger partial charge >= 0.3 is 0 Å². The van der Waals surface area contributed by atoms with Crippen LogP contribution >= 0.6 is 43.2 Å². The van der Waals surface area contributed by atoms with Crippen LogP contribution in [0.2, 0.25) is 0 Å². The molecule has 0 amide bonds. The van der Waals surface area contributed by atoms with Gasteiger partial charge in [-0.2, -0.15) is 0 Å². The van der Waals surface area contributed by atoms with Crippen molar-refractivity contribution in [3.8, 4) is 0 Å². The first kappa shape index (κ1) is 11.7. The third-order valence-corrected chi connectivity index (χ3v) is 4.14. The molecule has 0 spiro atoms. The molecule has 2 N–H and O–H groups in total. The molecule has 1 aromatic heterocycles. The van der Waals surface area contributed by atoms with Crippen molar-refractivity contribution in [3.63, 3.8) is 0 Å². The maximum absolute atomic E-state index is 5.47. The molecular formula is C8H12Br2N2S. The molecule has 0 aromatic carbocycles. The van der Waals surface area contributed by atoms with Gasteiger partial charge in [0.25, 0.3) is 0 Å². The smallest absolute Gasteiger partial charge is 0.0755 e. The molecule has 0 fully saturated rings. The fourth-order valence-corrected chi connectivity index (χ4v) is 3.88. The Morgan fingerprint density at radius 2 is 2.23 bits per heavy atom. The molecule has 0 unspecified atom stereocenters. The second-order valence-corrected chi connectivity index (χ2v) is 6.63. The number of rotatable bonds is 4. The van der Waals surface area contributed by atoms with E-state index in [9.17, 15) is 0 Å². The van der Waals surface area contributed by atoms with Crippen molar-refractivity contribution in [3.05, 3.63) is 19.2 Å². The standard InChI is InChI=1S/C8H12Br2N2S/c1-12(3-2-11)5-6-4-7(9)13-8(6)10/h4H,2-3,5,11H2,1H3. The highest BCUT2D eigenvalue weighted by atomic mass is 79.9. The van der Waals surface area contributed by atoms with E-state index in [0.717, 1.165) is 16.9 Å². The van der Waals surface area contributed by atoms with E-state index in [1.165, 1.54) is 9.35 Å². The Kier molecular flexibility index (Phi) is 4.89. The molecule has 0 bridgehead atoms. The normalized spacial score (nSPS) is 11.2. The molecule has 0 aliphatic rings. The minimum atomic E-state index is 0.708. The van der Waals surface area contributed by atoms with Crippen LogP contribution < -0.4 is 5.73 Å². The number of hydrogen-bond acceptors (Lipinski definition) is 3. The molecule has 1 rings (SSSR count). The minimum Gasteiger partial charge on any atom is -0.329 e. The van der Waals surface area contributed by atoms with Crippen molar-refractivity contribution in [2.75, 3.05) is 20.1 Å². The van der Waals surface area contributed by atoms with E-state index >= 15 is 0 Å².